The van der Waals surface area contributed by atoms with E-state index in [1.54, 1.807) is 0 Å². The predicted octanol–water partition coefficient (Wildman–Crippen LogP) is 1.13. The van der Waals surface area contributed by atoms with E-state index in [2.05, 4.69) is 22.0 Å². The van der Waals surface area contributed by atoms with Crippen molar-refractivity contribution in [3.05, 3.63) is 0 Å². The van der Waals surface area contributed by atoms with Crippen LogP contribution >= 0.6 is 11.8 Å². The lowest BCUT2D eigenvalue weighted by molar-refractivity contribution is 0.269. The van der Waals surface area contributed by atoms with Crippen LogP contribution in [0.2, 0.25) is 0 Å². The molecule has 70 valence electrons. The summed E-state index contributed by atoms with van der Waals surface area (Å²) in [7, 11) is 0. The molecule has 2 saturated heterocycles. The average molecular weight is 186 g/mol. The van der Waals surface area contributed by atoms with Gasteiger partial charge in [-0.3, -0.25) is 4.90 Å². The summed E-state index contributed by atoms with van der Waals surface area (Å²) in [6.07, 6.45) is 4.18. The van der Waals surface area contributed by atoms with E-state index in [-0.39, 0.29) is 0 Å². The highest BCUT2D eigenvalue weighted by Crippen LogP contribution is 2.29. The summed E-state index contributed by atoms with van der Waals surface area (Å²) in [5.74, 6) is 1.38. The molecule has 2 fully saturated rings. The summed E-state index contributed by atoms with van der Waals surface area (Å²) in [4.78, 5) is 2.66. The Bertz CT molecular complexity index is 126. The van der Waals surface area contributed by atoms with E-state index in [4.69, 9.17) is 0 Å². The zero-order chi connectivity index (χ0) is 8.23. The zero-order valence-electron chi connectivity index (χ0n) is 7.59. The highest BCUT2D eigenvalue weighted by molar-refractivity contribution is 8.00. The third kappa shape index (κ3) is 2.15. The summed E-state index contributed by atoms with van der Waals surface area (Å²) >= 11 is 2.16. The van der Waals surface area contributed by atoms with Gasteiger partial charge in [-0.05, 0) is 31.6 Å². The molecular formula is C9H18N2S. The minimum atomic E-state index is 0.852. The molecule has 2 aliphatic rings. The molecule has 0 aromatic carbocycles. The third-order valence-corrected chi connectivity index (χ3v) is 4.13. The highest BCUT2D eigenvalue weighted by atomic mass is 32.2. The topological polar surface area (TPSA) is 15.3 Å². The maximum atomic E-state index is 3.45. The van der Waals surface area contributed by atoms with Crippen LogP contribution in [0.5, 0.6) is 0 Å². The van der Waals surface area contributed by atoms with Crippen LogP contribution < -0.4 is 5.32 Å². The molecule has 1 N–H and O–H groups in total. The molecule has 0 saturated carbocycles. The fourth-order valence-electron chi connectivity index (χ4n) is 2.00. The molecular weight excluding hydrogens is 168 g/mol. The average Bonchev–Trinajstić information content (AvgIpc) is 2.48. The fourth-order valence-corrected chi connectivity index (χ4v) is 3.36. The zero-order valence-corrected chi connectivity index (χ0v) is 8.41. The van der Waals surface area contributed by atoms with Gasteiger partial charge < -0.3 is 5.32 Å². The quantitative estimate of drug-likeness (QED) is 0.661. The van der Waals surface area contributed by atoms with Crippen LogP contribution in [0.15, 0.2) is 0 Å². The standard InChI is InChI=1S/C9H18N2S/c1-3-9(12-8-1)11-6-2-4-10-5-7-11/h9-10H,1-8H2. The Morgan fingerprint density at radius 2 is 2.17 bits per heavy atom. The molecule has 2 aliphatic heterocycles. The summed E-state index contributed by atoms with van der Waals surface area (Å²) in [5, 5.41) is 4.30. The molecule has 0 radical (unpaired) electrons. The molecule has 1 atom stereocenters. The predicted molar refractivity (Wildman–Crippen MR) is 54.5 cm³/mol. The number of thioether (sulfide) groups is 1. The molecule has 2 nitrogen and oxygen atoms in total. The second-order valence-electron chi connectivity index (χ2n) is 3.61. The summed E-state index contributed by atoms with van der Waals surface area (Å²) in [6.45, 7) is 4.98. The minimum Gasteiger partial charge on any atom is -0.315 e. The van der Waals surface area contributed by atoms with Crippen LogP contribution in [0.1, 0.15) is 19.3 Å². The number of rotatable bonds is 1. The number of nitrogens with one attached hydrogen (secondary N) is 1. The SMILES string of the molecule is C1CSC(N2CCCNCC2)C1. The van der Waals surface area contributed by atoms with Gasteiger partial charge in [-0.15, -0.1) is 11.8 Å². The van der Waals surface area contributed by atoms with Gasteiger partial charge in [-0.25, -0.2) is 0 Å². The normalized spacial score (nSPS) is 33.5. The first-order valence-electron chi connectivity index (χ1n) is 5.03. The molecule has 12 heavy (non-hydrogen) atoms. The molecule has 0 spiro atoms. The lowest BCUT2D eigenvalue weighted by Gasteiger charge is -2.25. The van der Waals surface area contributed by atoms with Crippen LogP contribution in [0.3, 0.4) is 0 Å². The van der Waals surface area contributed by atoms with Gasteiger partial charge in [-0.2, -0.15) is 0 Å². The Kier molecular flexibility index (Phi) is 3.31. The smallest absolute Gasteiger partial charge is 0.0557 e. The first-order chi connectivity index (χ1) is 5.97. The monoisotopic (exact) mass is 186 g/mol. The van der Waals surface area contributed by atoms with E-state index in [0.717, 1.165) is 5.37 Å². The molecule has 1 unspecified atom stereocenters. The van der Waals surface area contributed by atoms with Crippen molar-refractivity contribution in [3.8, 4) is 0 Å². The molecule has 0 aromatic heterocycles. The molecule has 0 aliphatic carbocycles. The number of hydrogen-bond donors (Lipinski definition) is 1. The van der Waals surface area contributed by atoms with Gasteiger partial charge >= 0.3 is 0 Å². The number of nitrogens with zero attached hydrogens (tertiary/aromatic N) is 1. The van der Waals surface area contributed by atoms with Crippen molar-refractivity contribution in [2.45, 2.75) is 24.6 Å². The van der Waals surface area contributed by atoms with Gasteiger partial charge in [0, 0.05) is 19.6 Å². The maximum Gasteiger partial charge on any atom is 0.0557 e. The first kappa shape index (κ1) is 8.85. The van der Waals surface area contributed by atoms with Crippen molar-refractivity contribution in [1.29, 1.82) is 0 Å². The van der Waals surface area contributed by atoms with Crippen LogP contribution in [-0.2, 0) is 0 Å². The van der Waals surface area contributed by atoms with E-state index >= 15 is 0 Å². The van der Waals surface area contributed by atoms with Crippen LogP contribution in [-0.4, -0.2) is 42.2 Å². The number of hydrogen-bond acceptors (Lipinski definition) is 3. The molecule has 2 rings (SSSR count). The van der Waals surface area contributed by atoms with Crippen LogP contribution in [0, 0.1) is 0 Å². The molecule has 0 amide bonds. The van der Waals surface area contributed by atoms with Crippen LogP contribution in [0.25, 0.3) is 0 Å². The van der Waals surface area contributed by atoms with Gasteiger partial charge in [0.15, 0.2) is 0 Å². The Balaban J connectivity index is 1.83. The Morgan fingerprint density at radius 3 is 3.00 bits per heavy atom. The summed E-state index contributed by atoms with van der Waals surface area (Å²) < 4.78 is 0. The van der Waals surface area contributed by atoms with Crippen molar-refractivity contribution < 1.29 is 0 Å². The molecule has 3 heteroatoms. The van der Waals surface area contributed by atoms with Crippen LogP contribution in [0.4, 0.5) is 0 Å². The summed E-state index contributed by atoms with van der Waals surface area (Å²) in [6, 6.07) is 0. The third-order valence-electron chi connectivity index (χ3n) is 2.69. The van der Waals surface area contributed by atoms with Crippen molar-refractivity contribution >= 4 is 11.8 Å². The van der Waals surface area contributed by atoms with Crippen molar-refractivity contribution in [1.82, 2.24) is 10.2 Å². The Labute approximate surface area is 79.1 Å². The Morgan fingerprint density at radius 1 is 1.17 bits per heavy atom. The summed E-state index contributed by atoms with van der Waals surface area (Å²) in [5.41, 5.74) is 0. The Hall–Kier alpha value is 0.270. The van der Waals surface area contributed by atoms with E-state index in [9.17, 15) is 0 Å². The lowest BCUT2D eigenvalue weighted by atomic mass is 10.3. The van der Waals surface area contributed by atoms with E-state index in [1.165, 1.54) is 51.2 Å². The molecule has 0 bridgehead atoms. The van der Waals surface area contributed by atoms with Gasteiger partial charge in [0.1, 0.15) is 0 Å². The van der Waals surface area contributed by atoms with E-state index < -0.39 is 0 Å². The molecule has 0 aromatic rings. The molecule has 2 heterocycles. The van der Waals surface area contributed by atoms with E-state index in [1.807, 2.05) is 0 Å². The van der Waals surface area contributed by atoms with Gasteiger partial charge in [0.2, 0.25) is 0 Å². The lowest BCUT2D eigenvalue weighted by Crippen LogP contribution is -2.34. The highest BCUT2D eigenvalue weighted by Gasteiger charge is 2.22. The maximum absolute atomic E-state index is 3.45. The van der Waals surface area contributed by atoms with Gasteiger partial charge in [0.25, 0.3) is 0 Å². The van der Waals surface area contributed by atoms with Gasteiger partial charge in [0.05, 0.1) is 5.37 Å². The second kappa shape index (κ2) is 4.49. The van der Waals surface area contributed by atoms with Crippen molar-refractivity contribution in [3.63, 3.8) is 0 Å². The first-order valence-corrected chi connectivity index (χ1v) is 6.08. The van der Waals surface area contributed by atoms with E-state index in [0.29, 0.717) is 0 Å². The van der Waals surface area contributed by atoms with Crippen molar-refractivity contribution in [2.24, 2.45) is 0 Å². The van der Waals surface area contributed by atoms with Crippen molar-refractivity contribution in [2.75, 3.05) is 31.9 Å². The van der Waals surface area contributed by atoms with Gasteiger partial charge in [-0.1, -0.05) is 0 Å². The minimum absolute atomic E-state index is 0.852. The fraction of sp³-hybridized carbons (Fsp3) is 1.00. The largest absolute Gasteiger partial charge is 0.315 e. The second-order valence-corrected chi connectivity index (χ2v) is 4.89.